The van der Waals surface area contributed by atoms with Crippen LogP contribution in [0.4, 0.5) is 0 Å². The second kappa shape index (κ2) is 7.93. The molecule has 0 amide bonds. The van der Waals surface area contributed by atoms with Crippen LogP contribution >= 0.6 is 0 Å². The molecule has 1 aromatic heterocycles. The summed E-state index contributed by atoms with van der Waals surface area (Å²) in [5.74, 6) is -0.314. The highest BCUT2D eigenvalue weighted by molar-refractivity contribution is 5.96. The fourth-order valence-corrected chi connectivity index (χ4v) is 2.39. The molecule has 0 bridgehead atoms. The van der Waals surface area contributed by atoms with Crippen LogP contribution in [0.5, 0.6) is 0 Å². The van der Waals surface area contributed by atoms with Crippen molar-refractivity contribution in [2.24, 2.45) is 0 Å². The third-order valence-electron chi connectivity index (χ3n) is 3.37. The van der Waals surface area contributed by atoms with Crippen LogP contribution in [0.1, 0.15) is 23.0 Å². The highest BCUT2D eigenvalue weighted by atomic mass is 16.5. The Balaban J connectivity index is 2.39. The second-order valence-corrected chi connectivity index (χ2v) is 4.85. The Bertz CT molecular complexity index is 616. The molecule has 0 radical (unpaired) electrons. The number of esters is 1. The standard InChI is InChI=1S/C16H21NO5/c1-2-21-16(20)15-13(11-17(7-9-18)8-10-19)12-5-3-4-6-14(12)22-15/h3-6,18-19H,2,7-11H2,1H3. The summed E-state index contributed by atoms with van der Waals surface area (Å²) in [5.41, 5.74) is 1.34. The summed E-state index contributed by atoms with van der Waals surface area (Å²) >= 11 is 0. The number of aliphatic hydroxyl groups is 2. The number of ether oxygens (including phenoxy) is 1. The lowest BCUT2D eigenvalue weighted by Crippen LogP contribution is -2.30. The SMILES string of the molecule is CCOC(=O)c1oc2ccccc2c1CN(CCO)CCO. The van der Waals surface area contributed by atoms with Crippen LogP contribution < -0.4 is 0 Å². The number of hydrogen-bond donors (Lipinski definition) is 2. The molecule has 0 spiro atoms. The van der Waals surface area contributed by atoms with E-state index in [2.05, 4.69) is 0 Å². The molecule has 120 valence electrons. The molecular weight excluding hydrogens is 286 g/mol. The summed E-state index contributed by atoms with van der Waals surface area (Å²) in [6, 6.07) is 7.39. The molecule has 2 N–H and O–H groups in total. The number of nitrogens with zero attached hydrogens (tertiary/aromatic N) is 1. The molecule has 0 fully saturated rings. The predicted octanol–water partition coefficient (Wildman–Crippen LogP) is 1.40. The zero-order valence-corrected chi connectivity index (χ0v) is 12.6. The molecule has 0 aliphatic carbocycles. The molecule has 6 heteroatoms. The number of benzene rings is 1. The van der Waals surface area contributed by atoms with Crippen molar-refractivity contribution in [3.63, 3.8) is 0 Å². The van der Waals surface area contributed by atoms with Crippen LogP contribution in [0, 0.1) is 0 Å². The molecule has 2 aromatic rings. The number of para-hydroxylation sites is 1. The number of aliphatic hydroxyl groups excluding tert-OH is 2. The van der Waals surface area contributed by atoms with Crippen molar-refractivity contribution in [1.29, 1.82) is 0 Å². The van der Waals surface area contributed by atoms with Gasteiger partial charge < -0.3 is 19.4 Å². The van der Waals surface area contributed by atoms with Crippen LogP contribution in [-0.2, 0) is 11.3 Å². The number of rotatable bonds is 8. The van der Waals surface area contributed by atoms with Gasteiger partial charge in [-0.3, -0.25) is 4.90 Å². The van der Waals surface area contributed by atoms with Gasteiger partial charge in [-0.05, 0) is 13.0 Å². The van der Waals surface area contributed by atoms with Crippen LogP contribution in [0.2, 0.25) is 0 Å². The third kappa shape index (κ3) is 3.65. The number of fused-ring (bicyclic) bond motifs is 1. The number of furan rings is 1. The Morgan fingerprint density at radius 1 is 1.23 bits per heavy atom. The molecule has 22 heavy (non-hydrogen) atoms. The van der Waals surface area contributed by atoms with Crippen molar-refractivity contribution in [1.82, 2.24) is 4.90 Å². The van der Waals surface area contributed by atoms with Crippen molar-refractivity contribution in [3.8, 4) is 0 Å². The van der Waals surface area contributed by atoms with Gasteiger partial charge in [-0.25, -0.2) is 4.79 Å². The van der Waals surface area contributed by atoms with Crippen LogP contribution in [0.3, 0.4) is 0 Å². The number of carbonyl (C=O) groups is 1. The monoisotopic (exact) mass is 307 g/mol. The first kappa shape index (κ1) is 16.5. The van der Waals surface area contributed by atoms with Gasteiger partial charge in [-0.1, -0.05) is 18.2 Å². The summed E-state index contributed by atoms with van der Waals surface area (Å²) in [5, 5.41) is 19.1. The minimum Gasteiger partial charge on any atom is -0.460 e. The third-order valence-corrected chi connectivity index (χ3v) is 3.37. The van der Waals surface area contributed by atoms with Gasteiger partial charge >= 0.3 is 5.97 Å². The zero-order chi connectivity index (χ0) is 15.9. The van der Waals surface area contributed by atoms with E-state index in [1.165, 1.54) is 0 Å². The van der Waals surface area contributed by atoms with E-state index in [-0.39, 0.29) is 25.6 Å². The Labute approximate surface area is 128 Å². The molecule has 0 atom stereocenters. The van der Waals surface area contributed by atoms with Gasteiger partial charge in [0.1, 0.15) is 5.58 Å². The Kier molecular flexibility index (Phi) is 5.94. The highest BCUT2D eigenvalue weighted by Gasteiger charge is 2.23. The second-order valence-electron chi connectivity index (χ2n) is 4.85. The van der Waals surface area contributed by atoms with Gasteiger partial charge in [0.25, 0.3) is 0 Å². The zero-order valence-electron chi connectivity index (χ0n) is 12.6. The molecule has 1 heterocycles. The lowest BCUT2D eigenvalue weighted by atomic mass is 10.1. The average molecular weight is 307 g/mol. The first-order valence-corrected chi connectivity index (χ1v) is 7.32. The van der Waals surface area contributed by atoms with Crippen molar-refractivity contribution in [2.45, 2.75) is 13.5 Å². The summed E-state index contributed by atoms with van der Waals surface area (Å²) in [6.45, 7) is 3.17. The van der Waals surface area contributed by atoms with Crippen LogP contribution in [-0.4, -0.2) is 54.0 Å². The summed E-state index contributed by atoms with van der Waals surface area (Å²) < 4.78 is 10.7. The average Bonchev–Trinajstić information content (AvgIpc) is 2.87. The molecule has 0 aliphatic rings. The van der Waals surface area contributed by atoms with E-state index in [4.69, 9.17) is 19.4 Å². The van der Waals surface area contributed by atoms with Crippen molar-refractivity contribution in [3.05, 3.63) is 35.6 Å². The van der Waals surface area contributed by atoms with Gasteiger partial charge in [0.2, 0.25) is 5.76 Å². The fourth-order valence-electron chi connectivity index (χ4n) is 2.39. The van der Waals surface area contributed by atoms with E-state index in [1.54, 1.807) is 13.0 Å². The summed E-state index contributed by atoms with van der Waals surface area (Å²) in [6.07, 6.45) is 0. The van der Waals surface area contributed by atoms with E-state index in [1.807, 2.05) is 23.1 Å². The maximum Gasteiger partial charge on any atom is 0.374 e. The van der Waals surface area contributed by atoms with Gasteiger partial charge in [0.15, 0.2) is 0 Å². The first-order chi connectivity index (χ1) is 10.7. The Morgan fingerprint density at radius 2 is 1.91 bits per heavy atom. The normalized spacial score (nSPS) is 11.3. The lowest BCUT2D eigenvalue weighted by molar-refractivity contribution is 0.0489. The summed E-state index contributed by atoms with van der Waals surface area (Å²) in [7, 11) is 0. The van der Waals surface area contributed by atoms with E-state index < -0.39 is 5.97 Å². The van der Waals surface area contributed by atoms with Crippen LogP contribution in [0.15, 0.2) is 28.7 Å². The molecule has 1 aromatic carbocycles. The van der Waals surface area contributed by atoms with Crippen molar-refractivity contribution < 1.29 is 24.2 Å². The van der Waals surface area contributed by atoms with Gasteiger partial charge in [0.05, 0.1) is 19.8 Å². The largest absolute Gasteiger partial charge is 0.460 e. The molecular formula is C16H21NO5. The molecule has 0 aliphatic heterocycles. The summed E-state index contributed by atoms with van der Waals surface area (Å²) in [4.78, 5) is 14.0. The first-order valence-electron chi connectivity index (χ1n) is 7.32. The van der Waals surface area contributed by atoms with Crippen molar-refractivity contribution >= 4 is 16.9 Å². The molecule has 6 nitrogen and oxygen atoms in total. The Morgan fingerprint density at radius 3 is 2.55 bits per heavy atom. The topological polar surface area (TPSA) is 83.1 Å². The van der Waals surface area contributed by atoms with Crippen LogP contribution in [0.25, 0.3) is 11.0 Å². The smallest absolute Gasteiger partial charge is 0.374 e. The van der Waals surface area contributed by atoms with E-state index >= 15 is 0 Å². The van der Waals surface area contributed by atoms with E-state index in [0.717, 1.165) is 10.9 Å². The van der Waals surface area contributed by atoms with E-state index in [9.17, 15) is 4.79 Å². The van der Waals surface area contributed by atoms with Crippen molar-refractivity contribution in [2.75, 3.05) is 32.9 Å². The van der Waals surface area contributed by atoms with Gasteiger partial charge in [-0.2, -0.15) is 0 Å². The lowest BCUT2D eigenvalue weighted by Gasteiger charge is -2.20. The molecule has 2 rings (SSSR count). The quantitative estimate of drug-likeness (QED) is 0.717. The fraction of sp³-hybridized carbons (Fsp3) is 0.438. The Hall–Kier alpha value is -1.89. The van der Waals surface area contributed by atoms with Gasteiger partial charge in [0, 0.05) is 30.6 Å². The predicted molar refractivity (Wildman–Crippen MR) is 81.6 cm³/mol. The maximum atomic E-state index is 12.1. The van der Waals surface area contributed by atoms with E-state index in [0.29, 0.717) is 25.2 Å². The molecule has 0 saturated heterocycles. The molecule has 0 saturated carbocycles. The minimum atomic E-state index is -0.498. The number of carbonyl (C=O) groups excluding carboxylic acids is 1. The minimum absolute atomic E-state index is 0.0233. The number of hydrogen-bond acceptors (Lipinski definition) is 6. The maximum absolute atomic E-state index is 12.1. The molecule has 0 unspecified atom stereocenters. The van der Waals surface area contributed by atoms with Gasteiger partial charge in [-0.15, -0.1) is 0 Å². The highest BCUT2D eigenvalue weighted by Crippen LogP contribution is 2.27.